The number of rotatable bonds is 4. The molecule has 0 spiro atoms. The number of hydrogen-bond donors (Lipinski definition) is 1. The highest BCUT2D eigenvalue weighted by atomic mass is 79.9. The number of hydrogen-bond acceptors (Lipinski definition) is 3. The highest BCUT2D eigenvalue weighted by Crippen LogP contribution is 2.21. The average molecular weight is 324 g/mol. The van der Waals surface area contributed by atoms with Crippen molar-refractivity contribution in [1.29, 1.82) is 0 Å². The molecule has 5 heteroatoms. The van der Waals surface area contributed by atoms with Crippen LogP contribution in [0.2, 0.25) is 0 Å². The Bertz CT molecular complexity index is 560. The molecule has 0 saturated carbocycles. The van der Waals surface area contributed by atoms with E-state index in [-0.39, 0.29) is 12.0 Å². The van der Waals surface area contributed by atoms with E-state index in [4.69, 9.17) is 9.15 Å². The maximum Gasteiger partial charge on any atom is 0.260 e. The van der Waals surface area contributed by atoms with Gasteiger partial charge in [0.2, 0.25) is 0 Å². The van der Waals surface area contributed by atoms with E-state index in [0.717, 1.165) is 5.75 Å². The van der Waals surface area contributed by atoms with Crippen LogP contribution >= 0.6 is 15.9 Å². The van der Waals surface area contributed by atoms with E-state index in [1.807, 2.05) is 26.0 Å². The van der Waals surface area contributed by atoms with Crippen molar-refractivity contribution in [3.63, 3.8) is 0 Å². The summed E-state index contributed by atoms with van der Waals surface area (Å²) >= 11 is 3.17. The second kappa shape index (κ2) is 5.93. The molecule has 0 aliphatic carbocycles. The molecule has 0 saturated heterocycles. The Morgan fingerprint density at radius 1 is 1.26 bits per heavy atom. The van der Waals surface area contributed by atoms with Crippen LogP contribution in [0.5, 0.6) is 5.75 Å². The van der Waals surface area contributed by atoms with Gasteiger partial charge in [-0.1, -0.05) is 0 Å². The van der Waals surface area contributed by atoms with E-state index in [1.54, 1.807) is 18.2 Å². The van der Waals surface area contributed by atoms with E-state index >= 15 is 0 Å². The number of carbonyl (C=O) groups is 1. The van der Waals surface area contributed by atoms with Crippen molar-refractivity contribution < 1.29 is 13.9 Å². The van der Waals surface area contributed by atoms with Crippen molar-refractivity contribution in [3.05, 3.63) is 46.8 Å². The molecule has 2 rings (SSSR count). The molecule has 0 fully saturated rings. The molecule has 1 heterocycles. The van der Waals surface area contributed by atoms with Gasteiger partial charge in [0.15, 0.2) is 4.67 Å². The van der Waals surface area contributed by atoms with Gasteiger partial charge in [-0.2, -0.15) is 0 Å². The van der Waals surface area contributed by atoms with E-state index in [0.29, 0.717) is 15.9 Å². The zero-order valence-corrected chi connectivity index (χ0v) is 12.2. The number of halogens is 1. The fraction of sp³-hybridized carbons (Fsp3) is 0.214. The SMILES string of the molecule is CC(C)Oc1ccc(NC(=O)c2ccoc2Br)cc1. The van der Waals surface area contributed by atoms with Gasteiger partial charge in [-0.15, -0.1) is 0 Å². The van der Waals surface area contributed by atoms with Crippen molar-refractivity contribution in [1.82, 2.24) is 0 Å². The zero-order valence-electron chi connectivity index (χ0n) is 10.6. The van der Waals surface area contributed by atoms with Crippen LogP contribution in [0.15, 0.2) is 45.7 Å². The van der Waals surface area contributed by atoms with Crippen LogP contribution in [0.4, 0.5) is 5.69 Å². The summed E-state index contributed by atoms with van der Waals surface area (Å²) in [5.74, 6) is 0.552. The number of benzene rings is 1. The molecule has 1 N–H and O–H groups in total. The quantitative estimate of drug-likeness (QED) is 0.922. The van der Waals surface area contributed by atoms with Crippen molar-refractivity contribution >= 4 is 27.5 Å². The summed E-state index contributed by atoms with van der Waals surface area (Å²) < 4.78 is 11.0. The molecule has 1 aromatic heterocycles. The first kappa shape index (κ1) is 13.7. The van der Waals surface area contributed by atoms with Crippen molar-refractivity contribution in [3.8, 4) is 5.75 Å². The largest absolute Gasteiger partial charge is 0.491 e. The number of amides is 1. The first-order chi connectivity index (χ1) is 9.06. The monoisotopic (exact) mass is 323 g/mol. The van der Waals surface area contributed by atoms with E-state index in [1.165, 1.54) is 6.26 Å². The number of ether oxygens (including phenoxy) is 1. The lowest BCUT2D eigenvalue weighted by molar-refractivity contribution is 0.102. The van der Waals surface area contributed by atoms with Crippen LogP contribution in [0.3, 0.4) is 0 Å². The molecular weight excluding hydrogens is 310 g/mol. The van der Waals surface area contributed by atoms with E-state index in [2.05, 4.69) is 21.2 Å². The van der Waals surface area contributed by atoms with Gasteiger partial charge in [0, 0.05) is 5.69 Å². The first-order valence-electron chi connectivity index (χ1n) is 5.87. The Morgan fingerprint density at radius 3 is 2.47 bits per heavy atom. The molecule has 1 amide bonds. The van der Waals surface area contributed by atoms with E-state index < -0.39 is 0 Å². The third-order valence-corrected chi connectivity index (χ3v) is 2.96. The van der Waals surface area contributed by atoms with Crippen LogP contribution in [0.1, 0.15) is 24.2 Å². The lowest BCUT2D eigenvalue weighted by atomic mass is 10.2. The average Bonchev–Trinajstić information content (AvgIpc) is 2.77. The van der Waals surface area contributed by atoms with Crippen LogP contribution < -0.4 is 10.1 Å². The van der Waals surface area contributed by atoms with Gasteiger partial charge < -0.3 is 14.5 Å². The molecule has 0 aliphatic heterocycles. The van der Waals surface area contributed by atoms with Crippen molar-refractivity contribution in [2.75, 3.05) is 5.32 Å². The third-order valence-electron chi connectivity index (χ3n) is 2.35. The second-order valence-electron chi connectivity index (χ2n) is 4.25. The molecule has 0 bridgehead atoms. The Hall–Kier alpha value is -1.75. The highest BCUT2D eigenvalue weighted by Gasteiger charge is 2.12. The minimum atomic E-state index is -0.224. The van der Waals surface area contributed by atoms with Gasteiger partial charge in [0.25, 0.3) is 5.91 Å². The maximum absolute atomic E-state index is 11.9. The number of anilines is 1. The van der Waals surface area contributed by atoms with E-state index in [9.17, 15) is 4.79 Å². The van der Waals surface area contributed by atoms with Crippen molar-refractivity contribution in [2.45, 2.75) is 20.0 Å². The zero-order chi connectivity index (χ0) is 13.8. The molecule has 0 atom stereocenters. The molecule has 19 heavy (non-hydrogen) atoms. The summed E-state index contributed by atoms with van der Waals surface area (Å²) in [5.41, 5.74) is 1.16. The summed E-state index contributed by atoms with van der Waals surface area (Å²) in [7, 11) is 0. The lowest BCUT2D eigenvalue weighted by Gasteiger charge is -2.10. The topological polar surface area (TPSA) is 51.5 Å². The Labute approximate surface area is 119 Å². The Balaban J connectivity index is 2.04. The van der Waals surface area contributed by atoms with Gasteiger partial charge in [0.1, 0.15) is 5.75 Å². The summed E-state index contributed by atoms with van der Waals surface area (Å²) in [6, 6.07) is 8.84. The van der Waals surface area contributed by atoms with Gasteiger partial charge >= 0.3 is 0 Å². The third kappa shape index (κ3) is 3.61. The fourth-order valence-electron chi connectivity index (χ4n) is 1.54. The normalized spacial score (nSPS) is 10.5. The predicted molar refractivity (Wildman–Crippen MR) is 76.6 cm³/mol. The summed E-state index contributed by atoms with van der Waals surface area (Å²) in [6.45, 7) is 3.93. The van der Waals surface area contributed by atoms with Crippen LogP contribution in [0, 0.1) is 0 Å². The first-order valence-corrected chi connectivity index (χ1v) is 6.66. The van der Waals surface area contributed by atoms with Gasteiger partial charge in [-0.25, -0.2) is 0 Å². The molecule has 0 radical (unpaired) electrons. The smallest absolute Gasteiger partial charge is 0.260 e. The number of carbonyl (C=O) groups excluding carboxylic acids is 1. The number of furan rings is 1. The second-order valence-corrected chi connectivity index (χ2v) is 4.97. The maximum atomic E-state index is 11.9. The lowest BCUT2D eigenvalue weighted by Crippen LogP contribution is -2.11. The molecule has 100 valence electrons. The van der Waals surface area contributed by atoms with Crippen LogP contribution in [-0.2, 0) is 0 Å². The number of nitrogens with one attached hydrogen (secondary N) is 1. The molecule has 1 aromatic carbocycles. The minimum absolute atomic E-state index is 0.127. The van der Waals surface area contributed by atoms with Gasteiger partial charge in [0.05, 0.1) is 17.9 Å². The minimum Gasteiger partial charge on any atom is -0.491 e. The summed E-state index contributed by atoms with van der Waals surface area (Å²) in [4.78, 5) is 11.9. The van der Waals surface area contributed by atoms with Gasteiger partial charge in [-0.05, 0) is 60.1 Å². The standard InChI is InChI=1S/C14H14BrNO3/c1-9(2)19-11-5-3-10(4-6-11)16-14(17)12-7-8-18-13(12)15/h3-9H,1-2H3,(H,16,17). The molecule has 2 aromatic rings. The fourth-order valence-corrected chi connectivity index (χ4v) is 1.96. The van der Waals surface area contributed by atoms with Crippen LogP contribution in [-0.4, -0.2) is 12.0 Å². The van der Waals surface area contributed by atoms with Crippen molar-refractivity contribution in [2.24, 2.45) is 0 Å². The molecule has 0 aliphatic rings. The molecular formula is C14H14BrNO3. The Morgan fingerprint density at radius 2 is 1.95 bits per heavy atom. The van der Waals surface area contributed by atoms with Crippen LogP contribution in [0.25, 0.3) is 0 Å². The predicted octanol–water partition coefficient (Wildman–Crippen LogP) is 4.08. The summed E-state index contributed by atoms with van der Waals surface area (Å²) in [6.07, 6.45) is 1.58. The molecule has 0 unspecified atom stereocenters. The summed E-state index contributed by atoms with van der Waals surface area (Å²) in [5, 5.41) is 2.78. The van der Waals surface area contributed by atoms with Gasteiger partial charge in [-0.3, -0.25) is 4.79 Å². The Kier molecular flexibility index (Phi) is 4.27. The highest BCUT2D eigenvalue weighted by molar-refractivity contribution is 9.10. The molecule has 4 nitrogen and oxygen atoms in total.